The van der Waals surface area contributed by atoms with Crippen LogP contribution in [0.25, 0.3) is 0 Å². The molecule has 98 valence electrons. The highest BCUT2D eigenvalue weighted by Crippen LogP contribution is 1.98. The summed E-state index contributed by atoms with van der Waals surface area (Å²) < 4.78 is 0. The maximum absolute atomic E-state index is 11.7. The van der Waals surface area contributed by atoms with Crippen molar-refractivity contribution in [2.24, 2.45) is 0 Å². The minimum atomic E-state index is -0.544. The zero-order valence-corrected chi connectivity index (χ0v) is 11.0. The molecule has 0 aliphatic rings. The first-order valence-corrected chi connectivity index (χ1v) is 6.22. The number of carbonyl (C=O) groups excluding carboxylic acids is 2. The van der Waals surface area contributed by atoms with Crippen LogP contribution < -0.4 is 5.32 Å². The number of unbranched alkanes of at least 4 members (excludes halogenated alkanes) is 1. The van der Waals surface area contributed by atoms with E-state index in [4.69, 9.17) is 0 Å². The zero-order valence-electron chi connectivity index (χ0n) is 11.0. The van der Waals surface area contributed by atoms with Gasteiger partial charge in [-0.05, 0) is 12.0 Å². The van der Waals surface area contributed by atoms with Crippen molar-refractivity contribution in [1.82, 2.24) is 10.2 Å². The summed E-state index contributed by atoms with van der Waals surface area (Å²) in [7, 11) is 1.65. The Hall–Kier alpha value is -1.84. The maximum atomic E-state index is 11.7. The molecule has 0 saturated carbocycles. The van der Waals surface area contributed by atoms with E-state index in [1.165, 1.54) is 4.90 Å². The molecule has 0 aromatic heterocycles. The number of hydrogen-bond acceptors (Lipinski definition) is 2. The van der Waals surface area contributed by atoms with E-state index in [-0.39, 0.29) is 0 Å². The van der Waals surface area contributed by atoms with Gasteiger partial charge in [-0.25, -0.2) is 0 Å². The van der Waals surface area contributed by atoms with Gasteiger partial charge in [0.15, 0.2) is 0 Å². The van der Waals surface area contributed by atoms with Gasteiger partial charge >= 0.3 is 11.8 Å². The number of benzene rings is 1. The number of carbonyl (C=O) groups is 2. The van der Waals surface area contributed by atoms with Crippen LogP contribution in [0.1, 0.15) is 25.3 Å². The van der Waals surface area contributed by atoms with Crippen LogP contribution in [0.2, 0.25) is 0 Å². The Kier molecular flexibility index (Phi) is 5.91. The number of nitrogens with one attached hydrogen (secondary N) is 1. The molecule has 0 radical (unpaired) electrons. The molecule has 2 amide bonds. The molecule has 4 nitrogen and oxygen atoms in total. The van der Waals surface area contributed by atoms with Crippen LogP contribution in [-0.4, -0.2) is 30.3 Å². The lowest BCUT2D eigenvalue weighted by Crippen LogP contribution is -2.41. The summed E-state index contributed by atoms with van der Waals surface area (Å²) in [5.74, 6) is -1.02. The van der Waals surface area contributed by atoms with Crippen LogP contribution in [0.3, 0.4) is 0 Å². The van der Waals surface area contributed by atoms with E-state index in [9.17, 15) is 9.59 Å². The molecule has 0 saturated heterocycles. The fourth-order valence-electron chi connectivity index (χ4n) is 1.52. The van der Waals surface area contributed by atoms with Crippen molar-refractivity contribution in [1.29, 1.82) is 0 Å². The van der Waals surface area contributed by atoms with E-state index in [2.05, 4.69) is 5.32 Å². The lowest BCUT2D eigenvalue weighted by molar-refractivity contribution is -0.145. The van der Waals surface area contributed by atoms with Gasteiger partial charge in [0.2, 0.25) is 0 Å². The van der Waals surface area contributed by atoms with Gasteiger partial charge in [-0.15, -0.1) is 0 Å². The predicted octanol–water partition coefficient (Wildman–Crippen LogP) is 1.56. The summed E-state index contributed by atoms with van der Waals surface area (Å²) in [5, 5.41) is 2.63. The first-order valence-electron chi connectivity index (χ1n) is 6.22. The third-order valence-electron chi connectivity index (χ3n) is 2.68. The van der Waals surface area contributed by atoms with Crippen molar-refractivity contribution in [2.75, 3.05) is 13.6 Å². The van der Waals surface area contributed by atoms with Crippen LogP contribution in [0, 0.1) is 0 Å². The second-order valence-electron chi connectivity index (χ2n) is 4.25. The van der Waals surface area contributed by atoms with Crippen molar-refractivity contribution >= 4 is 11.8 Å². The van der Waals surface area contributed by atoms with Crippen LogP contribution in [0.4, 0.5) is 0 Å². The minimum absolute atomic E-state index is 0.382. The first kappa shape index (κ1) is 14.2. The van der Waals surface area contributed by atoms with Gasteiger partial charge in [0.25, 0.3) is 0 Å². The molecule has 1 aromatic carbocycles. The Bertz CT molecular complexity index is 390. The average Bonchev–Trinajstić information content (AvgIpc) is 2.42. The number of rotatable bonds is 5. The molecule has 0 atom stereocenters. The van der Waals surface area contributed by atoms with E-state index < -0.39 is 11.8 Å². The molecular weight excluding hydrogens is 228 g/mol. The van der Waals surface area contributed by atoms with Gasteiger partial charge in [-0.2, -0.15) is 0 Å². The number of hydrogen-bond donors (Lipinski definition) is 1. The first-order chi connectivity index (χ1) is 8.65. The average molecular weight is 248 g/mol. The molecule has 0 unspecified atom stereocenters. The molecule has 0 bridgehead atoms. The molecule has 0 fully saturated rings. The van der Waals surface area contributed by atoms with Crippen LogP contribution >= 0.6 is 0 Å². The molecule has 0 aliphatic carbocycles. The number of amides is 2. The lowest BCUT2D eigenvalue weighted by atomic mass is 10.2. The van der Waals surface area contributed by atoms with Crippen molar-refractivity contribution in [3.63, 3.8) is 0 Å². The highest BCUT2D eigenvalue weighted by Gasteiger charge is 2.17. The third-order valence-corrected chi connectivity index (χ3v) is 2.68. The summed E-state index contributed by atoms with van der Waals surface area (Å²) in [4.78, 5) is 24.8. The summed E-state index contributed by atoms with van der Waals surface area (Å²) in [6.45, 7) is 3.05. The molecule has 1 rings (SSSR count). The van der Waals surface area contributed by atoms with Gasteiger partial charge in [-0.3, -0.25) is 9.59 Å². The second-order valence-corrected chi connectivity index (χ2v) is 4.25. The van der Waals surface area contributed by atoms with Crippen LogP contribution in [0.5, 0.6) is 0 Å². The second kappa shape index (κ2) is 7.48. The Morgan fingerprint density at radius 2 is 1.89 bits per heavy atom. The molecule has 1 N–H and O–H groups in total. The van der Waals surface area contributed by atoms with Crippen molar-refractivity contribution in [3.8, 4) is 0 Å². The van der Waals surface area contributed by atoms with E-state index in [1.54, 1.807) is 7.05 Å². The molecule has 18 heavy (non-hydrogen) atoms. The maximum Gasteiger partial charge on any atom is 0.311 e. The fraction of sp³-hybridized carbons (Fsp3) is 0.429. The Morgan fingerprint density at radius 3 is 2.50 bits per heavy atom. The van der Waals surface area contributed by atoms with Gasteiger partial charge < -0.3 is 10.2 Å². The summed E-state index contributed by atoms with van der Waals surface area (Å²) in [6, 6.07) is 9.53. The number of likely N-dealkylation sites (N-methyl/N-ethyl adjacent to an activating group) is 1. The van der Waals surface area contributed by atoms with Crippen molar-refractivity contribution in [3.05, 3.63) is 35.9 Å². The van der Waals surface area contributed by atoms with E-state index in [1.807, 2.05) is 37.3 Å². The molecule has 4 heteroatoms. The summed E-state index contributed by atoms with van der Waals surface area (Å²) in [5.41, 5.74) is 0.981. The summed E-state index contributed by atoms with van der Waals surface area (Å²) >= 11 is 0. The van der Waals surface area contributed by atoms with Gasteiger partial charge in [0.1, 0.15) is 0 Å². The zero-order chi connectivity index (χ0) is 13.4. The highest BCUT2D eigenvalue weighted by atomic mass is 16.2. The summed E-state index contributed by atoms with van der Waals surface area (Å²) in [6.07, 6.45) is 1.91. The van der Waals surface area contributed by atoms with Crippen LogP contribution in [-0.2, 0) is 16.1 Å². The Morgan fingerprint density at radius 1 is 1.22 bits per heavy atom. The SMILES string of the molecule is CCCCN(C)C(=O)C(=O)NCc1ccccc1. The third kappa shape index (κ3) is 4.57. The monoisotopic (exact) mass is 248 g/mol. The standard InChI is InChI=1S/C14H20N2O2/c1-3-4-10-16(2)14(18)13(17)15-11-12-8-6-5-7-9-12/h5-9H,3-4,10-11H2,1-2H3,(H,15,17). The Balaban J connectivity index is 2.38. The minimum Gasteiger partial charge on any atom is -0.344 e. The Labute approximate surface area is 108 Å². The van der Waals surface area contributed by atoms with Crippen molar-refractivity contribution in [2.45, 2.75) is 26.3 Å². The topological polar surface area (TPSA) is 49.4 Å². The van der Waals surface area contributed by atoms with E-state index in [0.29, 0.717) is 13.1 Å². The number of nitrogens with zero attached hydrogens (tertiary/aromatic N) is 1. The van der Waals surface area contributed by atoms with Gasteiger partial charge in [-0.1, -0.05) is 43.7 Å². The van der Waals surface area contributed by atoms with Gasteiger partial charge in [0.05, 0.1) is 0 Å². The normalized spacial score (nSPS) is 9.89. The fourth-order valence-corrected chi connectivity index (χ4v) is 1.52. The molecular formula is C14H20N2O2. The van der Waals surface area contributed by atoms with Crippen molar-refractivity contribution < 1.29 is 9.59 Å². The van der Waals surface area contributed by atoms with E-state index in [0.717, 1.165) is 18.4 Å². The predicted molar refractivity (Wildman–Crippen MR) is 70.8 cm³/mol. The highest BCUT2D eigenvalue weighted by molar-refractivity contribution is 6.34. The smallest absolute Gasteiger partial charge is 0.311 e. The van der Waals surface area contributed by atoms with E-state index >= 15 is 0 Å². The molecule has 0 spiro atoms. The largest absolute Gasteiger partial charge is 0.344 e. The molecule has 0 heterocycles. The van der Waals surface area contributed by atoms with Crippen LogP contribution in [0.15, 0.2) is 30.3 Å². The van der Waals surface area contributed by atoms with Gasteiger partial charge in [0, 0.05) is 20.1 Å². The molecule has 0 aliphatic heterocycles. The quantitative estimate of drug-likeness (QED) is 0.804. The lowest BCUT2D eigenvalue weighted by Gasteiger charge is -2.15. The molecule has 1 aromatic rings.